The lowest BCUT2D eigenvalue weighted by Gasteiger charge is -2.28. The van der Waals surface area contributed by atoms with Crippen LogP contribution < -0.4 is 4.72 Å². The summed E-state index contributed by atoms with van der Waals surface area (Å²) in [7, 11) is -4.27. The van der Waals surface area contributed by atoms with E-state index < -0.39 is 45.0 Å². The maximum Gasteiger partial charge on any atom is 0.300 e. The lowest BCUT2D eigenvalue weighted by molar-refractivity contribution is -0.136. The van der Waals surface area contributed by atoms with Crippen LogP contribution >= 0.6 is 0 Å². The predicted octanol–water partition coefficient (Wildman–Crippen LogP) is -1.26. The average Bonchev–Trinajstić information content (AvgIpc) is 2.63. The van der Waals surface area contributed by atoms with Gasteiger partial charge in [0.25, 0.3) is 0 Å². The molecule has 0 aromatic carbocycles. The van der Waals surface area contributed by atoms with Crippen molar-refractivity contribution in [3.8, 4) is 0 Å². The monoisotopic (exact) mass is 397 g/mol. The van der Waals surface area contributed by atoms with Gasteiger partial charge in [0.2, 0.25) is 21.6 Å². The summed E-state index contributed by atoms with van der Waals surface area (Å²) in [6.45, 7) is 1.44. The van der Waals surface area contributed by atoms with Gasteiger partial charge in [-0.1, -0.05) is 6.92 Å². The highest BCUT2D eigenvalue weighted by Gasteiger charge is 2.40. The van der Waals surface area contributed by atoms with E-state index in [9.17, 15) is 33.0 Å². The van der Waals surface area contributed by atoms with Gasteiger partial charge in [-0.2, -0.15) is 0 Å². The number of carbonyl (C=O) groups excluding carboxylic acids is 3. The molecule has 3 rings (SSSR count). The Morgan fingerprint density at radius 3 is 2.59 bits per heavy atom. The minimum atomic E-state index is -4.27. The number of carbonyl (C=O) groups is 3. The quantitative estimate of drug-likeness (QED) is 0.526. The number of ketones is 2. The number of hydrogen-bond donors (Lipinski definition) is 3. The van der Waals surface area contributed by atoms with Gasteiger partial charge in [-0.15, -0.1) is 0 Å². The summed E-state index contributed by atoms with van der Waals surface area (Å²) >= 11 is 0. The lowest BCUT2D eigenvalue weighted by atomic mass is 9.91. The lowest BCUT2D eigenvalue weighted by Crippen LogP contribution is -2.43. The highest BCUT2D eigenvalue weighted by Crippen LogP contribution is 2.34. The van der Waals surface area contributed by atoms with Gasteiger partial charge < -0.3 is 10.2 Å². The second-order valence-corrected chi connectivity index (χ2v) is 8.43. The van der Waals surface area contributed by atoms with E-state index in [1.54, 1.807) is 4.72 Å². The molecule has 0 radical (unpaired) electrons. The zero-order chi connectivity index (χ0) is 19.9. The number of aliphatic hydroxyl groups excluding tert-OH is 2. The number of aryl methyl sites for hydroxylation is 1. The third-order valence-corrected chi connectivity index (χ3v) is 6.39. The molecule has 2 aliphatic rings. The van der Waals surface area contributed by atoms with Gasteiger partial charge in [-0.05, 0) is 19.3 Å². The van der Waals surface area contributed by atoms with E-state index in [4.69, 9.17) is 0 Å². The minimum Gasteiger partial charge on any atom is -0.390 e. The molecule has 0 aliphatic heterocycles. The zero-order valence-corrected chi connectivity index (χ0v) is 15.3. The van der Waals surface area contributed by atoms with Crippen LogP contribution in [-0.2, 0) is 32.5 Å². The van der Waals surface area contributed by atoms with Crippen molar-refractivity contribution in [2.75, 3.05) is 0 Å². The van der Waals surface area contributed by atoms with Crippen molar-refractivity contribution in [1.82, 2.24) is 14.7 Å². The number of fused-ring (bicyclic) bond motifs is 2. The molecule has 1 amide bonds. The molecule has 3 unspecified atom stereocenters. The molecule has 1 aromatic heterocycles. The fourth-order valence-corrected chi connectivity index (χ4v) is 4.71. The second-order valence-electron chi connectivity index (χ2n) is 6.57. The van der Waals surface area contributed by atoms with Gasteiger partial charge >= 0.3 is 5.91 Å². The van der Waals surface area contributed by atoms with Crippen molar-refractivity contribution in [2.24, 2.45) is 0 Å². The van der Waals surface area contributed by atoms with Gasteiger partial charge in [0, 0.05) is 12.8 Å². The van der Waals surface area contributed by atoms with Crippen molar-refractivity contribution >= 4 is 27.5 Å². The third kappa shape index (κ3) is 3.49. The Morgan fingerprint density at radius 2 is 1.93 bits per heavy atom. The van der Waals surface area contributed by atoms with Crippen molar-refractivity contribution in [3.05, 3.63) is 22.8 Å². The Labute approximate surface area is 155 Å². The molecule has 0 saturated carbocycles. The Bertz CT molecular complexity index is 928. The number of rotatable bonds is 4. The van der Waals surface area contributed by atoms with E-state index in [2.05, 4.69) is 9.97 Å². The Kier molecular flexibility index (Phi) is 5.10. The molecule has 0 spiro atoms. The first-order valence-corrected chi connectivity index (χ1v) is 10.1. The Hall–Kier alpha value is -2.24. The molecule has 3 N–H and O–H groups in total. The molecule has 146 valence electrons. The summed E-state index contributed by atoms with van der Waals surface area (Å²) < 4.78 is 27.0. The van der Waals surface area contributed by atoms with Gasteiger partial charge in [0.05, 0.1) is 23.2 Å². The van der Waals surface area contributed by atoms with Crippen LogP contribution in [-0.4, -0.2) is 58.3 Å². The van der Waals surface area contributed by atoms with E-state index in [0.717, 1.165) is 0 Å². The summed E-state index contributed by atoms with van der Waals surface area (Å²) in [6.07, 6.45) is -2.11. The smallest absolute Gasteiger partial charge is 0.300 e. The van der Waals surface area contributed by atoms with Crippen LogP contribution in [0.15, 0.2) is 0 Å². The third-order valence-electron chi connectivity index (χ3n) is 4.71. The van der Waals surface area contributed by atoms with Crippen LogP contribution in [0.5, 0.6) is 0 Å². The first-order valence-electron chi connectivity index (χ1n) is 8.54. The van der Waals surface area contributed by atoms with Crippen LogP contribution in [0.1, 0.15) is 59.0 Å². The molecular weight excluding hydrogens is 378 g/mol. The second kappa shape index (κ2) is 7.06. The molecule has 0 bridgehead atoms. The number of amides is 1. The number of sulfonamides is 1. The minimum absolute atomic E-state index is 0.0289. The normalized spacial score (nSPS) is 24.7. The molecule has 27 heavy (non-hydrogen) atoms. The number of aromatic nitrogens is 2. The van der Waals surface area contributed by atoms with Gasteiger partial charge in [-0.25, -0.2) is 18.1 Å². The number of nitrogens with one attached hydrogen (secondary N) is 1. The average molecular weight is 397 g/mol. The van der Waals surface area contributed by atoms with Gasteiger partial charge in [0.15, 0.2) is 0 Å². The maximum atomic E-state index is 12.6. The van der Waals surface area contributed by atoms with Crippen LogP contribution in [0.2, 0.25) is 0 Å². The number of nitrogens with zero attached hydrogens (tertiary/aromatic N) is 2. The topological polar surface area (TPSA) is 164 Å². The van der Waals surface area contributed by atoms with E-state index in [1.165, 1.54) is 6.92 Å². The standard InChI is InChI=1S/C16H19N3O7S/c1-2-9(20)16(24)19-27(25,26)11-5-3-4-7-12(11)18-13-8(17-7)6-10(21)14(22)15(13)23/h10-11,14,21-22H,2-6H2,1H3,(H,19,24). The van der Waals surface area contributed by atoms with Crippen molar-refractivity contribution in [2.45, 2.75) is 56.5 Å². The summed E-state index contributed by atoms with van der Waals surface area (Å²) in [4.78, 5) is 43.8. The first kappa shape index (κ1) is 19.5. The predicted molar refractivity (Wildman–Crippen MR) is 90.1 cm³/mol. The van der Waals surface area contributed by atoms with Crippen LogP contribution in [0.3, 0.4) is 0 Å². The number of hydrogen-bond acceptors (Lipinski definition) is 9. The molecule has 10 nitrogen and oxygen atoms in total. The molecule has 3 atom stereocenters. The van der Waals surface area contributed by atoms with Crippen LogP contribution in [0.4, 0.5) is 0 Å². The molecule has 0 fully saturated rings. The highest BCUT2D eigenvalue weighted by atomic mass is 32.2. The Balaban J connectivity index is 2.00. The van der Waals surface area contributed by atoms with Crippen molar-refractivity contribution in [3.63, 3.8) is 0 Å². The van der Waals surface area contributed by atoms with E-state index >= 15 is 0 Å². The fraction of sp³-hybridized carbons (Fsp3) is 0.562. The summed E-state index contributed by atoms with van der Waals surface area (Å²) in [5, 5.41) is 18.2. The first-order chi connectivity index (χ1) is 12.7. The number of Topliss-reactive ketones (excluding diaryl/α,β-unsaturated/α-hetero) is 2. The highest BCUT2D eigenvalue weighted by molar-refractivity contribution is 7.90. The largest absolute Gasteiger partial charge is 0.390 e. The summed E-state index contributed by atoms with van der Waals surface area (Å²) in [5.74, 6) is -2.91. The van der Waals surface area contributed by atoms with E-state index in [0.29, 0.717) is 18.5 Å². The number of aliphatic hydroxyl groups is 2. The molecule has 11 heteroatoms. The molecule has 1 aromatic rings. The molecule has 0 saturated heterocycles. The summed E-state index contributed by atoms with van der Waals surface area (Å²) in [5.41, 5.74) is 0.423. The van der Waals surface area contributed by atoms with E-state index in [-0.39, 0.29) is 36.3 Å². The van der Waals surface area contributed by atoms with Crippen molar-refractivity contribution in [1.29, 1.82) is 0 Å². The van der Waals surface area contributed by atoms with Crippen LogP contribution in [0, 0.1) is 0 Å². The SMILES string of the molecule is CCC(=O)C(=O)NS(=O)(=O)C1CCCc2nc3c(nc21)C(=O)C(O)C(O)C3. The summed E-state index contributed by atoms with van der Waals surface area (Å²) in [6, 6.07) is 0. The molecule has 2 aliphatic carbocycles. The molecule has 1 heterocycles. The van der Waals surface area contributed by atoms with Crippen LogP contribution in [0.25, 0.3) is 0 Å². The zero-order valence-electron chi connectivity index (χ0n) is 14.5. The van der Waals surface area contributed by atoms with Crippen molar-refractivity contribution < 1.29 is 33.0 Å². The van der Waals surface area contributed by atoms with E-state index in [1.807, 2.05) is 0 Å². The Morgan fingerprint density at radius 1 is 1.22 bits per heavy atom. The molecular formula is C16H19N3O7S. The van der Waals surface area contributed by atoms with Gasteiger partial charge in [-0.3, -0.25) is 19.4 Å². The maximum absolute atomic E-state index is 12.6. The van der Waals surface area contributed by atoms with Gasteiger partial charge in [0.1, 0.15) is 17.0 Å². The fourth-order valence-electron chi connectivity index (χ4n) is 3.24.